The average Bonchev–Trinajstić information content (AvgIpc) is 3.38. The van der Waals surface area contributed by atoms with Crippen molar-refractivity contribution in [3.8, 4) is 0 Å². The van der Waals surface area contributed by atoms with Crippen molar-refractivity contribution in [1.29, 1.82) is 0 Å². The molecule has 444 valence electrons. The zero-order valence-electron chi connectivity index (χ0n) is 50.7. The Balaban J connectivity index is 3.82. The van der Waals surface area contributed by atoms with Crippen LogP contribution in [0.15, 0.2) is 12.2 Å². The maximum absolute atomic E-state index is 12.8. The summed E-state index contributed by atoms with van der Waals surface area (Å²) in [6.45, 7) is 4.74. The van der Waals surface area contributed by atoms with Crippen molar-refractivity contribution in [2.75, 3.05) is 47.5 Å². The number of carboxylic acids is 1. The number of nitrogens with zero attached hydrogens (tertiary/aromatic N) is 1. The molecule has 2 atom stereocenters. The molecule has 0 aromatic heterocycles. The van der Waals surface area contributed by atoms with Crippen LogP contribution in [0.3, 0.4) is 0 Å². The second-order valence-corrected chi connectivity index (χ2v) is 23.8. The zero-order valence-corrected chi connectivity index (χ0v) is 50.7. The molecular formula is C66H127NO8. The van der Waals surface area contributed by atoms with Gasteiger partial charge >= 0.3 is 11.9 Å². The van der Waals surface area contributed by atoms with Gasteiger partial charge < -0.3 is 33.3 Å². The molecule has 0 amide bonds. The van der Waals surface area contributed by atoms with E-state index in [1.807, 2.05) is 21.1 Å². The largest absolute Gasteiger partial charge is 0.545 e. The number of unbranched alkanes of at least 4 members (excludes halogenated alkanes) is 45. The van der Waals surface area contributed by atoms with Gasteiger partial charge in [-0.3, -0.25) is 9.59 Å². The number of esters is 2. The van der Waals surface area contributed by atoms with Crippen molar-refractivity contribution in [1.82, 2.24) is 0 Å². The standard InChI is InChI=1S/C66H127NO8/c1-6-8-10-12-14-16-18-19-20-21-22-23-24-25-26-27-28-29-30-31-32-33-34-35-36-37-38-39-40-41-42-43-44-45-47-48-50-52-54-56-63(68)73-60-62(61-74-66(65(70)71)72-59-58-67(3,4)5)75-64(69)57-55-53-51-49-46-17-15-13-11-9-7-2/h13,15,62,66H,6-12,14,16-61H2,1-5H3/b15-13-. The van der Waals surface area contributed by atoms with Gasteiger partial charge in [-0.2, -0.15) is 0 Å². The number of carbonyl (C=O) groups is 3. The normalized spacial score (nSPS) is 12.7. The van der Waals surface area contributed by atoms with E-state index in [0.717, 1.165) is 57.8 Å². The van der Waals surface area contributed by atoms with E-state index in [4.69, 9.17) is 18.9 Å². The van der Waals surface area contributed by atoms with Crippen molar-refractivity contribution < 1.29 is 42.9 Å². The molecule has 0 aliphatic carbocycles. The molecule has 0 aliphatic rings. The Hall–Kier alpha value is -1.97. The van der Waals surface area contributed by atoms with Crippen molar-refractivity contribution in [2.24, 2.45) is 0 Å². The number of hydrogen-bond acceptors (Lipinski definition) is 8. The molecule has 0 spiro atoms. The van der Waals surface area contributed by atoms with Gasteiger partial charge in [0.05, 0.1) is 40.3 Å². The Bertz CT molecular complexity index is 1240. The monoisotopic (exact) mass is 1060 g/mol. The molecule has 0 saturated heterocycles. The summed E-state index contributed by atoms with van der Waals surface area (Å²) in [6.07, 6.45) is 66.2. The van der Waals surface area contributed by atoms with Gasteiger partial charge in [0.1, 0.15) is 13.2 Å². The fourth-order valence-corrected chi connectivity index (χ4v) is 9.93. The summed E-state index contributed by atoms with van der Waals surface area (Å²) < 4.78 is 22.7. The zero-order chi connectivity index (χ0) is 54.8. The molecule has 0 aliphatic heterocycles. The molecule has 0 heterocycles. The van der Waals surface area contributed by atoms with Crippen LogP contribution in [0.1, 0.15) is 335 Å². The third-order valence-electron chi connectivity index (χ3n) is 15.0. The third kappa shape index (κ3) is 59.5. The lowest BCUT2D eigenvalue weighted by Crippen LogP contribution is -2.44. The fraction of sp³-hybridized carbons (Fsp3) is 0.924. The van der Waals surface area contributed by atoms with E-state index in [1.54, 1.807) is 0 Å². The van der Waals surface area contributed by atoms with Gasteiger partial charge in [-0.1, -0.05) is 302 Å². The fourth-order valence-electron chi connectivity index (χ4n) is 9.93. The number of carbonyl (C=O) groups excluding carboxylic acids is 3. The molecule has 0 fully saturated rings. The van der Waals surface area contributed by atoms with Crippen LogP contribution >= 0.6 is 0 Å². The first kappa shape index (κ1) is 73.0. The van der Waals surface area contributed by atoms with Crippen molar-refractivity contribution >= 4 is 17.9 Å². The second-order valence-electron chi connectivity index (χ2n) is 23.8. The number of rotatable bonds is 62. The first-order valence-corrected chi connectivity index (χ1v) is 32.8. The van der Waals surface area contributed by atoms with Crippen molar-refractivity contribution in [3.05, 3.63) is 12.2 Å². The van der Waals surface area contributed by atoms with Crippen LogP contribution in [-0.4, -0.2) is 82.3 Å². The number of carboxylic acid groups (broad SMARTS) is 1. The number of likely N-dealkylation sites (N-methyl/N-ethyl adjacent to an activating group) is 1. The van der Waals surface area contributed by atoms with E-state index < -0.39 is 24.3 Å². The smallest absolute Gasteiger partial charge is 0.306 e. The summed E-state index contributed by atoms with van der Waals surface area (Å²) in [6, 6.07) is 0. The molecule has 2 unspecified atom stereocenters. The van der Waals surface area contributed by atoms with Gasteiger partial charge in [0.25, 0.3) is 0 Å². The van der Waals surface area contributed by atoms with Crippen LogP contribution < -0.4 is 5.11 Å². The van der Waals surface area contributed by atoms with Gasteiger partial charge in [0.2, 0.25) is 0 Å². The maximum Gasteiger partial charge on any atom is 0.306 e. The van der Waals surface area contributed by atoms with Crippen LogP contribution in [0.5, 0.6) is 0 Å². The highest BCUT2D eigenvalue weighted by Crippen LogP contribution is 2.19. The van der Waals surface area contributed by atoms with Crippen LogP contribution in [0, 0.1) is 0 Å². The first-order chi connectivity index (χ1) is 36.6. The minimum absolute atomic E-state index is 0.149. The number of allylic oxidation sites excluding steroid dienone is 2. The van der Waals surface area contributed by atoms with Crippen LogP contribution in [0.25, 0.3) is 0 Å². The molecule has 9 nitrogen and oxygen atoms in total. The lowest BCUT2D eigenvalue weighted by molar-refractivity contribution is -0.870. The minimum atomic E-state index is -1.62. The molecular weight excluding hydrogens is 935 g/mol. The SMILES string of the molecule is CCCC/C=C\CCCCCCCC(=O)OC(COC(=O)CCCCCCCCCCCCCCCCCCCCCCCCCCCCCCCCCCCCCCCCC)COC(OCC[N+](C)(C)C)C(=O)[O-]. The Kier molecular flexibility index (Phi) is 56.7. The van der Waals surface area contributed by atoms with Crippen LogP contribution in [0.4, 0.5) is 0 Å². The maximum atomic E-state index is 12.8. The quantitative estimate of drug-likeness (QED) is 0.0195. The molecule has 0 saturated carbocycles. The predicted molar refractivity (Wildman–Crippen MR) is 316 cm³/mol. The summed E-state index contributed by atoms with van der Waals surface area (Å²) in [7, 11) is 5.92. The summed E-state index contributed by atoms with van der Waals surface area (Å²) in [5.41, 5.74) is 0. The van der Waals surface area contributed by atoms with Crippen LogP contribution in [-0.2, 0) is 33.3 Å². The highest BCUT2D eigenvalue weighted by molar-refractivity contribution is 5.70. The van der Waals surface area contributed by atoms with E-state index in [2.05, 4.69) is 26.0 Å². The summed E-state index contributed by atoms with van der Waals surface area (Å²) in [4.78, 5) is 37.2. The molecule has 0 radical (unpaired) electrons. The van der Waals surface area contributed by atoms with Gasteiger partial charge in [-0.25, -0.2) is 0 Å². The lowest BCUT2D eigenvalue weighted by Gasteiger charge is -2.26. The van der Waals surface area contributed by atoms with E-state index in [9.17, 15) is 19.5 Å². The Morgan fingerprint density at radius 3 is 1.03 bits per heavy atom. The van der Waals surface area contributed by atoms with E-state index in [0.29, 0.717) is 23.9 Å². The lowest BCUT2D eigenvalue weighted by atomic mass is 10.0. The average molecular weight is 1060 g/mol. The highest BCUT2D eigenvalue weighted by Gasteiger charge is 2.22. The van der Waals surface area contributed by atoms with Gasteiger partial charge in [-0.05, 0) is 32.1 Å². The number of quaternary nitrogens is 1. The number of aliphatic carboxylic acids is 1. The molecule has 0 aromatic carbocycles. The van der Waals surface area contributed by atoms with Crippen LogP contribution in [0.2, 0.25) is 0 Å². The molecule has 0 bridgehead atoms. The molecule has 75 heavy (non-hydrogen) atoms. The first-order valence-electron chi connectivity index (χ1n) is 32.8. The third-order valence-corrected chi connectivity index (χ3v) is 15.0. The number of ether oxygens (including phenoxy) is 4. The van der Waals surface area contributed by atoms with Gasteiger partial charge in [0, 0.05) is 12.8 Å². The summed E-state index contributed by atoms with van der Waals surface area (Å²) in [5, 5.41) is 11.7. The predicted octanol–water partition coefficient (Wildman–Crippen LogP) is 18.4. The molecule has 0 aromatic rings. The van der Waals surface area contributed by atoms with Crippen molar-refractivity contribution in [2.45, 2.75) is 347 Å². The Morgan fingerprint density at radius 2 is 0.693 bits per heavy atom. The number of hydrogen-bond donors (Lipinski definition) is 0. The van der Waals surface area contributed by atoms with Gasteiger partial charge in [0.15, 0.2) is 12.4 Å². The topological polar surface area (TPSA) is 111 Å². The molecule has 9 heteroatoms. The Labute approximate surface area is 465 Å². The summed E-state index contributed by atoms with van der Waals surface area (Å²) in [5.74, 6) is -2.28. The van der Waals surface area contributed by atoms with E-state index >= 15 is 0 Å². The van der Waals surface area contributed by atoms with Gasteiger partial charge in [-0.15, -0.1) is 0 Å². The molecule has 0 N–H and O–H groups in total. The molecule has 0 rings (SSSR count). The second kappa shape index (κ2) is 58.2. The highest BCUT2D eigenvalue weighted by atomic mass is 16.7. The van der Waals surface area contributed by atoms with Crippen molar-refractivity contribution in [3.63, 3.8) is 0 Å². The minimum Gasteiger partial charge on any atom is -0.545 e. The Morgan fingerprint density at radius 1 is 0.387 bits per heavy atom. The van der Waals surface area contributed by atoms with E-state index in [1.165, 1.54) is 244 Å². The van der Waals surface area contributed by atoms with E-state index in [-0.39, 0.29) is 32.2 Å². The summed E-state index contributed by atoms with van der Waals surface area (Å²) >= 11 is 0.